The predicted molar refractivity (Wildman–Crippen MR) is 123 cm³/mol. The standard InChI is InChI=1S/C23H23F3N4OS/c1-29(2)18-11-12-30(14-18)22-28-19-9-8-17(13-20(19)32-22)27-21(31)10-5-15-3-6-16(7-4-15)23(24,25)26/h3-10,13,18H,11-12,14H2,1-2H3,(H,27,31)/b10-5-. The highest BCUT2D eigenvalue weighted by Crippen LogP contribution is 2.33. The molecule has 1 aliphatic rings. The van der Waals surface area contributed by atoms with Crippen molar-refractivity contribution >= 4 is 44.4 Å². The van der Waals surface area contributed by atoms with E-state index in [4.69, 9.17) is 4.98 Å². The molecule has 1 amide bonds. The van der Waals surface area contributed by atoms with E-state index in [2.05, 4.69) is 29.2 Å². The molecule has 9 heteroatoms. The smallest absolute Gasteiger partial charge is 0.346 e. The van der Waals surface area contributed by atoms with Crippen LogP contribution in [0.5, 0.6) is 0 Å². The summed E-state index contributed by atoms with van der Waals surface area (Å²) >= 11 is 1.60. The number of halogens is 3. The largest absolute Gasteiger partial charge is 0.416 e. The van der Waals surface area contributed by atoms with Crippen LogP contribution in [0.25, 0.3) is 16.3 Å². The maximum Gasteiger partial charge on any atom is 0.416 e. The Morgan fingerprint density at radius 1 is 1.22 bits per heavy atom. The van der Waals surface area contributed by atoms with Crippen molar-refractivity contribution in [3.63, 3.8) is 0 Å². The number of alkyl halides is 3. The van der Waals surface area contributed by atoms with Gasteiger partial charge in [0, 0.05) is 30.9 Å². The Balaban J connectivity index is 1.40. The molecular formula is C23H23F3N4OS. The molecule has 1 aromatic heterocycles. The monoisotopic (exact) mass is 460 g/mol. The maximum absolute atomic E-state index is 12.6. The van der Waals surface area contributed by atoms with Gasteiger partial charge < -0.3 is 15.1 Å². The first kappa shape index (κ1) is 22.3. The van der Waals surface area contributed by atoms with Gasteiger partial charge in [-0.3, -0.25) is 4.79 Å². The number of anilines is 2. The lowest BCUT2D eigenvalue weighted by Gasteiger charge is -2.19. The van der Waals surface area contributed by atoms with Crippen LogP contribution in [-0.4, -0.2) is 49.0 Å². The second-order valence-corrected chi connectivity index (χ2v) is 8.98. The van der Waals surface area contributed by atoms with Crippen molar-refractivity contribution in [3.8, 4) is 0 Å². The van der Waals surface area contributed by atoms with Crippen molar-refractivity contribution in [3.05, 3.63) is 59.7 Å². The number of fused-ring (bicyclic) bond motifs is 1. The number of amides is 1. The molecule has 168 valence electrons. The fraction of sp³-hybridized carbons (Fsp3) is 0.304. The number of likely N-dealkylation sites (N-methyl/N-ethyl adjacent to an activating group) is 1. The predicted octanol–water partition coefficient (Wildman–Crippen LogP) is 5.11. The zero-order valence-corrected chi connectivity index (χ0v) is 18.5. The Bertz CT molecular complexity index is 1140. The van der Waals surface area contributed by atoms with Crippen LogP contribution in [0.1, 0.15) is 17.5 Å². The highest BCUT2D eigenvalue weighted by molar-refractivity contribution is 7.22. The third-order valence-electron chi connectivity index (χ3n) is 5.47. The summed E-state index contributed by atoms with van der Waals surface area (Å²) in [6.45, 7) is 1.92. The SMILES string of the molecule is CN(C)C1CCN(c2nc3ccc(NC(=O)/C=C\c4ccc(C(F)(F)F)cc4)cc3s2)C1. The van der Waals surface area contributed by atoms with Gasteiger partial charge in [0.05, 0.1) is 15.8 Å². The summed E-state index contributed by atoms with van der Waals surface area (Å²) in [7, 11) is 4.18. The lowest BCUT2D eigenvalue weighted by atomic mass is 10.1. The van der Waals surface area contributed by atoms with E-state index in [9.17, 15) is 18.0 Å². The number of hydrogen-bond acceptors (Lipinski definition) is 5. The zero-order valence-electron chi connectivity index (χ0n) is 17.7. The quantitative estimate of drug-likeness (QED) is 0.538. The summed E-state index contributed by atoms with van der Waals surface area (Å²) in [6.07, 6.45) is -0.489. The number of hydrogen-bond donors (Lipinski definition) is 1. The minimum atomic E-state index is -4.38. The van der Waals surface area contributed by atoms with E-state index in [0.29, 0.717) is 17.3 Å². The molecule has 1 fully saturated rings. The van der Waals surface area contributed by atoms with Crippen LogP contribution >= 0.6 is 11.3 Å². The summed E-state index contributed by atoms with van der Waals surface area (Å²) in [5.74, 6) is -0.359. The molecule has 0 aliphatic carbocycles. The molecule has 32 heavy (non-hydrogen) atoms. The number of nitrogens with one attached hydrogen (secondary N) is 1. The number of thiazole rings is 1. The zero-order chi connectivity index (χ0) is 22.9. The summed E-state index contributed by atoms with van der Waals surface area (Å²) in [4.78, 5) is 21.5. The first-order valence-electron chi connectivity index (χ1n) is 10.2. The molecule has 0 radical (unpaired) electrons. The summed E-state index contributed by atoms with van der Waals surface area (Å²) in [5, 5.41) is 3.78. The Kier molecular flexibility index (Phi) is 6.21. The molecule has 1 N–H and O–H groups in total. The number of nitrogens with zero attached hydrogens (tertiary/aromatic N) is 3. The molecule has 5 nitrogen and oxygen atoms in total. The van der Waals surface area contributed by atoms with Crippen LogP contribution in [0.3, 0.4) is 0 Å². The summed E-state index contributed by atoms with van der Waals surface area (Å²) in [6, 6.07) is 10.7. The van der Waals surface area contributed by atoms with Crippen LogP contribution in [-0.2, 0) is 11.0 Å². The lowest BCUT2D eigenvalue weighted by molar-refractivity contribution is -0.137. The van der Waals surface area contributed by atoms with Crippen molar-refractivity contribution in [1.82, 2.24) is 9.88 Å². The van der Waals surface area contributed by atoms with Gasteiger partial charge in [-0.1, -0.05) is 23.5 Å². The van der Waals surface area contributed by atoms with Gasteiger partial charge >= 0.3 is 6.18 Å². The topological polar surface area (TPSA) is 48.5 Å². The van der Waals surface area contributed by atoms with Gasteiger partial charge in [0.1, 0.15) is 0 Å². The molecule has 0 bridgehead atoms. The highest BCUT2D eigenvalue weighted by Gasteiger charge is 2.30. The van der Waals surface area contributed by atoms with Crippen LogP contribution in [0.4, 0.5) is 24.0 Å². The summed E-state index contributed by atoms with van der Waals surface area (Å²) < 4.78 is 38.9. The van der Waals surface area contributed by atoms with Crippen molar-refractivity contribution < 1.29 is 18.0 Å². The fourth-order valence-corrected chi connectivity index (χ4v) is 4.64. The van der Waals surface area contributed by atoms with Gasteiger partial charge in [0.2, 0.25) is 5.91 Å². The Morgan fingerprint density at radius 3 is 2.62 bits per heavy atom. The molecule has 2 heterocycles. The molecule has 1 aliphatic heterocycles. The minimum absolute atomic E-state index is 0.359. The second kappa shape index (κ2) is 8.91. The third-order valence-corrected chi connectivity index (χ3v) is 6.55. The van der Waals surface area contributed by atoms with Crippen LogP contribution < -0.4 is 10.2 Å². The lowest BCUT2D eigenvalue weighted by Crippen LogP contribution is -2.31. The van der Waals surface area contributed by atoms with Gasteiger partial charge in [-0.05, 0) is 62.5 Å². The number of aromatic nitrogens is 1. The van der Waals surface area contributed by atoms with E-state index in [1.54, 1.807) is 17.4 Å². The van der Waals surface area contributed by atoms with E-state index >= 15 is 0 Å². The Hall–Kier alpha value is -2.91. The number of rotatable bonds is 5. The first-order chi connectivity index (χ1) is 15.2. The highest BCUT2D eigenvalue weighted by atomic mass is 32.1. The summed E-state index contributed by atoms with van der Waals surface area (Å²) in [5.41, 5.74) is 1.32. The van der Waals surface area contributed by atoms with Gasteiger partial charge in [0.25, 0.3) is 0 Å². The molecule has 0 saturated carbocycles. The Labute approximate surface area is 188 Å². The molecule has 1 saturated heterocycles. The van der Waals surface area contributed by atoms with Gasteiger partial charge in [-0.25, -0.2) is 4.98 Å². The van der Waals surface area contributed by atoms with E-state index in [-0.39, 0.29) is 5.91 Å². The van der Waals surface area contributed by atoms with Crippen molar-refractivity contribution in [1.29, 1.82) is 0 Å². The van der Waals surface area contributed by atoms with Crippen LogP contribution in [0.2, 0.25) is 0 Å². The van der Waals surface area contributed by atoms with E-state index in [1.165, 1.54) is 24.3 Å². The molecule has 1 atom stereocenters. The third kappa shape index (κ3) is 5.11. The van der Waals surface area contributed by atoms with Crippen molar-refractivity contribution in [2.75, 3.05) is 37.4 Å². The van der Waals surface area contributed by atoms with Gasteiger partial charge in [-0.15, -0.1) is 0 Å². The first-order valence-corrected chi connectivity index (χ1v) is 11.0. The number of carbonyl (C=O) groups excluding carboxylic acids is 1. The van der Waals surface area contributed by atoms with Crippen LogP contribution in [0.15, 0.2) is 48.5 Å². The molecule has 3 aromatic rings. The van der Waals surface area contributed by atoms with Crippen LogP contribution in [0, 0.1) is 0 Å². The van der Waals surface area contributed by atoms with Crippen molar-refractivity contribution in [2.24, 2.45) is 0 Å². The molecule has 1 unspecified atom stereocenters. The minimum Gasteiger partial charge on any atom is -0.346 e. The molecule has 0 spiro atoms. The number of carbonyl (C=O) groups is 1. The average molecular weight is 461 g/mol. The average Bonchev–Trinajstić information content (AvgIpc) is 3.39. The van der Waals surface area contributed by atoms with Gasteiger partial charge in [0.15, 0.2) is 5.13 Å². The number of benzene rings is 2. The normalized spacial score (nSPS) is 17.1. The molecule has 4 rings (SSSR count). The second-order valence-electron chi connectivity index (χ2n) is 7.97. The van der Waals surface area contributed by atoms with E-state index < -0.39 is 11.7 Å². The maximum atomic E-state index is 12.6. The van der Waals surface area contributed by atoms with Gasteiger partial charge in [-0.2, -0.15) is 13.2 Å². The van der Waals surface area contributed by atoms with E-state index in [1.807, 2.05) is 12.1 Å². The Morgan fingerprint density at radius 2 is 1.97 bits per heavy atom. The van der Waals surface area contributed by atoms with E-state index in [0.717, 1.165) is 47.0 Å². The molecule has 2 aromatic carbocycles. The van der Waals surface area contributed by atoms with Crippen molar-refractivity contribution in [2.45, 2.75) is 18.6 Å². The molecular weight excluding hydrogens is 437 g/mol. The fourth-order valence-electron chi connectivity index (χ4n) is 3.60.